The number of ketones is 1. The Morgan fingerprint density at radius 2 is 1.16 bits per heavy atom. The van der Waals surface area contributed by atoms with Crippen molar-refractivity contribution in [2.24, 2.45) is 5.73 Å². The van der Waals surface area contributed by atoms with Crippen molar-refractivity contribution in [2.45, 2.75) is 65.6 Å². The summed E-state index contributed by atoms with van der Waals surface area (Å²) < 4.78 is 28.5. The number of hydrogen-bond donors (Lipinski definition) is 3. The molecule has 4 rings (SSSR count). The number of hydrogen-bond acceptors (Lipinski definition) is 12. The van der Waals surface area contributed by atoms with E-state index in [2.05, 4.69) is 44.6 Å². The van der Waals surface area contributed by atoms with Gasteiger partial charge in [0.05, 0.1) is 0 Å². The molecule has 0 unspecified atom stereocenters. The van der Waals surface area contributed by atoms with E-state index in [-0.39, 0.29) is 41.2 Å². The minimum atomic E-state index is -0.639. The molecule has 16 heteroatoms. The van der Waals surface area contributed by atoms with Crippen molar-refractivity contribution in [1.82, 2.24) is 15.1 Å². The Morgan fingerprint density at radius 1 is 0.796 bits per heavy atom. The van der Waals surface area contributed by atoms with Crippen molar-refractivity contribution in [3.8, 4) is 0 Å². The van der Waals surface area contributed by atoms with Crippen molar-refractivity contribution in [1.29, 1.82) is 0 Å². The number of likely N-dealkylation sites (tertiary alicyclic amines) is 2. The molecule has 0 aliphatic carbocycles. The molecule has 3 radical (unpaired) electrons. The number of Topliss-reactive ketones (excluding diaryl/α,β-unsaturated/α-hetero) is 1. The third-order valence-corrected chi connectivity index (χ3v) is 6.36. The molecule has 2 aromatic carbocycles. The molecule has 2 aliphatic heterocycles. The molecule has 12 nitrogen and oxygen atoms in total. The van der Waals surface area contributed by atoms with E-state index >= 15 is 0 Å². The van der Waals surface area contributed by atoms with Gasteiger partial charge in [-0.25, -0.2) is 28.1 Å². The second-order valence-corrected chi connectivity index (χ2v) is 10.5. The van der Waals surface area contributed by atoms with E-state index in [0.717, 1.165) is 64.6 Å². The SMILES string of the molecule is CC(=O)OOC(C)=O.CN1CCC(=O)CC1.CN1CCC(NCc2ccc(F)cc2)CC1.CO.NCc1ccc(F)cc1.[B-]OC(C)=O.[Na+]. The van der Waals surface area contributed by atoms with Crippen molar-refractivity contribution >= 4 is 31.7 Å². The van der Waals surface area contributed by atoms with Gasteiger partial charge in [-0.05, 0) is 75.4 Å². The van der Waals surface area contributed by atoms with Crippen molar-refractivity contribution in [3.63, 3.8) is 0 Å². The topological polar surface area (TPSA) is 161 Å². The Morgan fingerprint density at radius 3 is 1.49 bits per heavy atom. The minimum absolute atomic E-state index is 0. The van der Waals surface area contributed by atoms with Crippen LogP contribution >= 0.6 is 0 Å². The molecule has 0 spiro atoms. The van der Waals surface area contributed by atoms with Crippen molar-refractivity contribution < 1.29 is 77.1 Å². The van der Waals surface area contributed by atoms with Gasteiger partial charge in [0, 0.05) is 72.9 Å². The first-order chi connectivity index (χ1) is 22.7. The van der Waals surface area contributed by atoms with E-state index < -0.39 is 17.9 Å². The number of piperidine rings is 2. The quantitative estimate of drug-likeness (QED) is 0.220. The van der Waals surface area contributed by atoms with E-state index in [9.17, 15) is 28.0 Å². The summed E-state index contributed by atoms with van der Waals surface area (Å²) in [6.07, 6.45) is 3.93. The van der Waals surface area contributed by atoms with Gasteiger partial charge in [0.25, 0.3) is 0 Å². The molecule has 0 saturated carbocycles. The molecule has 0 amide bonds. The summed E-state index contributed by atoms with van der Waals surface area (Å²) in [4.78, 5) is 51.9. The van der Waals surface area contributed by atoms with Crippen LogP contribution in [-0.2, 0) is 46.7 Å². The first-order valence-electron chi connectivity index (χ1n) is 15.2. The standard InChI is InChI=1S/C13H19FN2.C7H8FN.C6H11NO.C4H6O4.C2H3BO2.CH4O.Na/c1-16-8-6-13(7-9-16)15-10-11-2-4-12(14)5-3-11;8-7-3-1-6(5-9)2-4-7;1-7-4-2-6(8)3-5-7;1-3(5)7-8-4(2)6;1-2(4)5-3;1-2;/h2-5,13,15H,6-10H2,1H3;1-4H,5,9H2;2-5H2,1H3;1-2H3;1H3;2H,1H3;/q;;;;-1;;+1. The number of benzene rings is 2. The molecule has 0 bridgehead atoms. The smallest absolute Gasteiger partial charge is 0.793 e. The number of nitrogens with two attached hydrogens (primary N) is 1. The van der Waals surface area contributed by atoms with Crippen LogP contribution in [0.15, 0.2) is 48.5 Å². The number of halogens is 2. The fourth-order valence-electron chi connectivity index (χ4n) is 3.68. The number of carbonyl (C=O) groups is 4. The Bertz CT molecular complexity index is 1140. The average molecular weight is 704 g/mol. The summed E-state index contributed by atoms with van der Waals surface area (Å²) in [5.41, 5.74) is 7.39. The molecule has 2 aliphatic rings. The molecule has 2 fully saturated rings. The summed E-state index contributed by atoms with van der Waals surface area (Å²) in [7, 11) is 9.53. The number of aliphatic hydroxyl groups excluding tert-OH is 1. The van der Waals surface area contributed by atoms with Gasteiger partial charge in [0.2, 0.25) is 5.97 Å². The van der Waals surface area contributed by atoms with Gasteiger partial charge < -0.3 is 38.7 Å². The Hall–Kier alpha value is -2.76. The summed E-state index contributed by atoms with van der Waals surface area (Å²) in [5.74, 6) is -1.70. The second kappa shape index (κ2) is 32.4. The number of nitrogens with zero attached hydrogens (tertiary/aromatic N) is 2. The molecular formula is C33H51BF2N4NaO8. The number of rotatable bonds is 4. The largest absolute Gasteiger partial charge is 1.00 e. The van der Waals surface area contributed by atoms with Crippen LogP contribution in [0.25, 0.3) is 0 Å². The molecule has 2 aromatic rings. The van der Waals surface area contributed by atoms with Crippen LogP contribution in [0.2, 0.25) is 0 Å². The van der Waals surface area contributed by atoms with Gasteiger partial charge in [-0.2, -0.15) is 0 Å². The third-order valence-electron chi connectivity index (χ3n) is 6.36. The predicted molar refractivity (Wildman–Crippen MR) is 179 cm³/mol. The van der Waals surface area contributed by atoms with Crippen LogP contribution in [0.3, 0.4) is 0 Å². The first kappa shape index (κ1) is 50.6. The number of carbonyl (C=O) groups excluding carboxylic acids is 4. The van der Waals surface area contributed by atoms with Gasteiger partial charge in [0.15, 0.2) is 0 Å². The maximum atomic E-state index is 12.7. The molecule has 269 valence electrons. The zero-order valence-electron chi connectivity index (χ0n) is 29.9. The summed E-state index contributed by atoms with van der Waals surface area (Å²) in [5, 5.41) is 10.5. The van der Waals surface area contributed by atoms with Crippen LogP contribution in [0, 0.1) is 11.6 Å². The van der Waals surface area contributed by atoms with Crippen LogP contribution in [-0.4, -0.2) is 100 Å². The predicted octanol–water partition coefficient (Wildman–Crippen LogP) is -0.152. The summed E-state index contributed by atoms with van der Waals surface area (Å²) in [6, 6.07) is 13.5. The van der Waals surface area contributed by atoms with Crippen LogP contribution in [0.4, 0.5) is 8.78 Å². The monoisotopic (exact) mass is 703 g/mol. The molecule has 49 heavy (non-hydrogen) atoms. The second-order valence-electron chi connectivity index (χ2n) is 10.5. The van der Waals surface area contributed by atoms with E-state index in [1.807, 2.05) is 19.2 Å². The minimum Gasteiger partial charge on any atom is -0.793 e. The summed E-state index contributed by atoms with van der Waals surface area (Å²) in [6.45, 7) is 9.08. The Balaban J connectivity index is -0.000000560. The normalized spacial score (nSPS) is 13.9. The van der Waals surface area contributed by atoms with Crippen LogP contribution in [0.5, 0.6) is 0 Å². The molecule has 2 saturated heterocycles. The number of nitrogens with one attached hydrogen (secondary N) is 1. The van der Waals surface area contributed by atoms with Gasteiger partial charge in [0.1, 0.15) is 17.4 Å². The zero-order valence-corrected chi connectivity index (χ0v) is 31.9. The molecule has 0 atom stereocenters. The van der Waals surface area contributed by atoms with Crippen molar-refractivity contribution in [2.75, 3.05) is 47.4 Å². The van der Waals surface area contributed by atoms with E-state index in [1.54, 1.807) is 12.1 Å². The molecule has 0 aromatic heterocycles. The maximum absolute atomic E-state index is 12.7. The summed E-state index contributed by atoms with van der Waals surface area (Å²) >= 11 is 0. The van der Waals surface area contributed by atoms with Gasteiger partial charge in [-0.15, -0.1) is 0 Å². The Labute approximate surface area is 312 Å². The first-order valence-corrected chi connectivity index (χ1v) is 15.2. The zero-order chi connectivity index (χ0) is 36.9. The van der Waals surface area contributed by atoms with E-state index in [0.29, 0.717) is 18.4 Å². The Kier molecular flexibility index (Phi) is 33.5. The van der Waals surface area contributed by atoms with Gasteiger partial charge in [-0.3, -0.25) is 9.59 Å². The van der Waals surface area contributed by atoms with Crippen LogP contribution < -0.4 is 40.6 Å². The van der Waals surface area contributed by atoms with E-state index in [1.165, 1.54) is 57.1 Å². The average Bonchev–Trinajstić information content (AvgIpc) is 3.08. The molecular weight excluding hydrogens is 652 g/mol. The van der Waals surface area contributed by atoms with Crippen molar-refractivity contribution in [3.05, 3.63) is 71.3 Å². The van der Waals surface area contributed by atoms with Gasteiger partial charge >= 0.3 is 41.5 Å². The van der Waals surface area contributed by atoms with E-state index in [4.69, 9.17) is 10.8 Å². The fourth-order valence-corrected chi connectivity index (χ4v) is 3.68. The maximum Gasteiger partial charge on any atom is 1.00 e. The molecule has 2 heterocycles. The number of aliphatic hydroxyl groups is 1. The van der Waals surface area contributed by atoms with Gasteiger partial charge in [-0.1, -0.05) is 24.3 Å². The fraction of sp³-hybridized carbons (Fsp3) is 0.515. The van der Waals surface area contributed by atoms with Crippen LogP contribution in [0.1, 0.15) is 57.6 Å². The molecule has 4 N–H and O–H groups in total. The third kappa shape index (κ3) is 32.2.